The van der Waals surface area contributed by atoms with Crippen LogP contribution in [0.4, 0.5) is 13.2 Å². The van der Waals surface area contributed by atoms with Gasteiger partial charge in [-0.05, 0) is 31.0 Å². The van der Waals surface area contributed by atoms with Gasteiger partial charge in [0.05, 0.1) is 22.1 Å². The molecule has 24 heavy (non-hydrogen) atoms. The number of aromatic amines is 1. The van der Waals surface area contributed by atoms with Crippen molar-refractivity contribution in [2.24, 2.45) is 0 Å². The third kappa shape index (κ3) is 2.81. The van der Waals surface area contributed by atoms with Gasteiger partial charge in [-0.2, -0.15) is 13.2 Å². The molecular formula is C16H17F3N2O3. The van der Waals surface area contributed by atoms with Crippen LogP contribution in [0, 0.1) is 0 Å². The maximum Gasteiger partial charge on any atom is 0.416 e. The van der Waals surface area contributed by atoms with E-state index in [0.717, 1.165) is 25.0 Å². The average Bonchev–Trinajstić information content (AvgIpc) is 3.07. The Kier molecular flexibility index (Phi) is 3.93. The summed E-state index contributed by atoms with van der Waals surface area (Å²) in [7, 11) is 0. The monoisotopic (exact) mass is 342 g/mol. The quantitative estimate of drug-likeness (QED) is 0.872. The van der Waals surface area contributed by atoms with Crippen LogP contribution in [0.3, 0.4) is 0 Å². The second-order valence-electron chi connectivity index (χ2n) is 6.21. The largest absolute Gasteiger partial charge is 0.463 e. The molecule has 3 rings (SSSR count). The van der Waals surface area contributed by atoms with Gasteiger partial charge in [-0.3, -0.25) is 9.36 Å². The minimum atomic E-state index is -4.48. The second-order valence-corrected chi connectivity index (χ2v) is 6.21. The number of hydrogen-bond acceptors (Lipinski definition) is 3. The first-order valence-corrected chi connectivity index (χ1v) is 7.69. The highest BCUT2D eigenvalue weighted by Gasteiger charge is 2.40. The van der Waals surface area contributed by atoms with Crippen molar-refractivity contribution in [1.29, 1.82) is 0 Å². The molecule has 0 amide bonds. The topological polar surface area (TPSA) is 64.1 Å². The SMILES string of the molecule is CC(=O)OCC1(n2c(=O)[nH]c3cc(C(F)(F)F)ccc32)CCCC1. The zero-order valence-electron chi connectivity index (χ0n) is 13.1. The summed E-state index contributed by atoms with van der Waals surface area (Å²) in [6.45, 7) is 1.33. The summed E-state index contributed by atoms with van der Waals surface area (Å²) >= 11 is 0. The predicted octanol–water partition coefficient (Wildman–Crippen LogP) is 3.18. The van der Waals surface area contributed by atoms with Crippen molar-refractivity contribution in [3.8, 4) is 0 Å². The Bertz CT molecular complexity index is 829. The lowest BCUT2D eigenvalue weighted by Crippen LogP contribution is -2.42. The highest BCUT2D eigenvalue weighted by molar-refractivity contribution is 5.76. The first-order chi connectivity index (χ1) is 11.2. The fourth-order valence-corrected chi connectivity index (χ4v) is 3.46. The first kappa shape index (κ1) is 16.6. The number of halogens is 3. The molecular weight excluding hydrogens is 325 g/mol. The molecule has 5 nitrogen and oxygen atoms in total. The van der Waals surface area contributed by atoms with Gasteiger partial charge >= 0.3 is 17.8 Å². The van der Waals surface area contributed by atoms with E-state index < -0.39 is 28.9 Å². The number of benzene rings is 1. The van der Waals surface area contributed by atoms with Crippen LogP contribution in [0.1, 0.15) is 38.2 Å². The van der Waals surface area contributed by atoms with E-state index in [0.29, 0.717) is 18.4 Å². The molecule has 1 heterocycles. The summed E-state index contributed by atoms with van der Waals surface area (Å²) in [6.07, 6.45) is -1.49. The maximum atomic E-state index is 12.9. The number of alkyl halides is 3. The third-order valence-electron chi connectivity index (χ3n) is 4.56. The minimum absolute atomic E-state index is 0.0379. The Morgan fingerprint density at radius 3 is 2.58 bits per heavy atom. The van der Waals surface area contributed by atoms with Crippen molar-refractivity contribution in [2.75, 3.05) is 6.61 Å². The molecule has 0 unspecified atom stereocenters. The number of H-pyrrole nitrogens is 1. The standard InChI is InChI=1S/C16H17F3N2O3/c1-10(22)24-9-15(6-2-3-7-15)21-13-5-4-11(16(17,18)19)8-12(13)20-14(21)23/h4-5,8H,2-3,6-7,9H2,1H3,(H,20,23). The molecule has 1 saturated carbocycles. The summed E-state index contributed by atoms with van der Waals surface area (Å²) in [5.74, 6) is -0.450. The number of rotatable bonds is 3. The number of aromatic nitrogens is 2. The fraction of sp³-hybridized carbons (Fsp3) is 0.500. The molecule has 0 aliphatic heterocycles. The Labute approximate surface area is 135 Å². The molecule has 2 aromatic rings. The number of imidazole rings is 1. The van der Waals surface area contributed by atoms with E-state index in [1.165, 1.54) is 17.6 Å². The van der Waals surface area contributed by atoms with Crippen LogP contribution in [0.5, 0.6) is 0 Å². The third-order valence-corrected chi connectivity index (χ3v) is 4.56. The number of fused-ring (bicyclic) bond motifs is 1. The predicted molar refractivity (Wildman–Crippen MR) is 80.6 cm³/mol. The van der Waals surface area contributed by atoms with Gasteiger partial charge in [-0.25, -0.2) is 4.79 Å². The summed E-state index contributed by atoms with van der Waals surface area (Å²) in [6, 6.07) is 3.19. The van der Waals surface area contributed by atoms with Gasteiger partial charge in [-0.15, -0.1) is 0 Å². The molecule has 1 aliphatic rings. The number of esters is 1. The van der Waals surface area contributed by atoms with Gasteiger partial charge in [0, 0.05) is 6.92 Å². The zero-order chi connectivity index (χ0) is 17.5. The van der Waals surface area contributed by atoms with Crippen LogP contribution in [-0.2, 0) is 21.2 Å². The molecule has 0 radical (unpaired) electrons. The van der Waals surface area contributed by atoms with Crippen molar-refractivity contribution in [3.05, 3.63) is 34.2 Å². The molecule has 0 saturated heterocycles. The molecule has 1 aromatic carbocycles. The smallest absolute Gasteiger partial charge is 0.416 e. The van der Waals surface area contributed by atoms with Crippen LogP contribution in [-0.4, -0.2) is 22.1 Å². The normalized spacial score (nSPS) is 17.3. The molecule has 0 spiro atoms. The van der Waals surface area contributed by atoms with Crippen molar-refractivity contribution < 1.29 is 22.7 Å². The molecule has 1 fully saturated rings. The van der Waals surface area contributed by atoms with Crippen molar-refractivity contribution in [2.45, 2.75) is 44.3 Å². The van der Waals surface area contributed by atoms with Crippen LogP contribution >= 0.6 is 0 Å². The summed E-state index contributed by atoms with van der Waals surface area (Å²) in [5, 5.41) is 0. The zero-order valence-corrected chi connectivity index (χ0v) is 13.1. The minimum Gasteiger partial charge on any atom is -0.463 e. The number of carbonyl (C=O) groups excluding carboxylic acids is 1. The van der Waals surface area contributed by atoms with Crippen LogP contribution in [0.15, 0.2) is 23.0 Å². The summed E-state index contributed by atoms with van der Waals surface area (Å²) < 4.78 is 45.2. The van der Waals surface area contributed by atoms with Crippen molar-refractivity contribution in [3.63, 3.8) is 0 Å². The molecule has 1 aliphatic carbocycles. The first-order valence-electron chi connectivity index (χ1n) is 7.69. The Balaban J connectivity index is 2.12. The molecule has 8 heteroatoms. The Morgan fingerprint density at radius 2 is 2.00 bits per heavy atom. The fourth-order valence-electron chi connectivity index (χ4n) is 3.46. The van der Waals surface area contributed by atoms with Gasteiger partial charge in [0.1, 0.15) is 6.61 Å². The van der Waals surface area contributed by atoms with E-state index in [1.54, 1.807) is 0 Å². The van der Waals surface area contributed by atoms with E-state index in [4.69, 9.17) is 4.74 Å². The van der Waals surface area contributed by atoms with Gasteiger partial charge in [-0.1, -0.05) is 12.8 Å². The highest BCUT2D eigenvalue weighted by atomic mass is 19.4. The van der Waals surface area contributed by atoms with Crippen molar-refractivity contribution >= 4 is 17.0 Å². The summed E-state index contributed by atoms with van der Waals surface area (Å²) in [4.78, 5) is 26.1. The van der Waals surface area contributed by atoms with Crippen LogP contribution < -0.4 is 5.69 Å². The number of nitrogens with zero attached hydrogens (tertiary/aromatic N) is 1. The number of hydrogen-bond donors (Lipinski definition) is 1. The Hall–Kier alpha value is -2.25. The van der Waals surface area contributed by atoms with Crippen LogP contribution in [0.25, 0.3) is 11.0 Å². The van der Waals surface area contributed by atoms with Crippen molar-refractivity contribution in [1.82, 2.24) is 9.55 Å². The number of carbonyl (C=O) groups is 1. The lowest BCUT2D eigenvalue weighted by atomic mass is 9.98. The maximum absolute atomic E-state index is 12.9. The molecule has 0 atom stereocenters. The average molecular weight is 342 g/mol. The number of ether oxygens (including phenoxy) is 1. The van der Waals surface area contributed by atoms with Gasteiger partial charge < -0.3 is 9.72 Å². The Morgan fingerprint density at radius 1 is 1.33 bits per heavy atom. The van der Waals surface area contributed by atoms with E-state index >= 15 is 0 Å². The van der Waals surface area contributed by atoms with Gasteiger partial charge in [0.2, 0.25) is 0 Å². The number of nitrogens with one attached hydrogen (secondary N) is 1. The van der Waals surface area contributed by atoms with Gasteiger partial charge in [0.25, 0.3) is 0 Å². The molecule has 0 bridgehead atoms. The lowest BCUT2D eigenvalue weighted by Gasteiger charge is -2.30. The molecule has 1 aromatic heterocycles. The molecule has 1 N–H and O–H groups in total. The summed E-state index contributed by atoms with van der Waals surface area (Å²) in [5.41, 5.74) is -1.49. The molecule has 130 valence electrons. The van der Waals surface area contributed by atoms with Crippen LogP contribution in [0.2, 0.25) is 0 Å². The van der Waals surface area contributed by atoms with E-state index in [2.05, 4.69) is 4.98 Å². The lowest BCUT2D eigenvalue weighted by molar-refractivity contribution is -0.144. The van der Waals surface area contributed by atoms with E-state index in [-0.39, 0.29) is 12.1 Å². The highest BCUT2D eigenvalue weighted by Crippen LogP contribution is 2.38. The van der Waals surface area contributed by atoms with E-state index in [1.807, 2.05) is 0 Å². The van der Waals surface area contributed by atoms with E-state index in [9.17, 15) is 22.8 Å². The second kappa shape index (κ2) is 5.68. The van der Waals surface area contributed by atoms with Gasteiger partial charge in [0.15, 0.2) is 0 Å².